The third-order valence-corrected chi connectivity index (χ3v) is 6.69. The molecule has 0 radical (unpaired) electrons. The lowest BCUT2D eigenvalue weighted by Gasteiger charge is -2.16. The van der Waals surface area contributed by atoms with E-state index >= 15 is 0 Å². The van der Waals surface area contributed by atoms with Gasteiger partial charge in [0, 0.05) is 6.20 Å². The van der Waals surface area contributed by atoms with Crippen LogP contribution in [0.4, 0.5) is 16.0 Å². The molecule has 2 aliphatic rings. The fourth-order valence-corrected chi connectivity index (χ4v) is 4.31. The van der Waals surface area contributed by atoms with Crippen LogP contribution in [0.3, 0.4) is 0 Å². The number of aliphatic hydroxyl groups is 5. The molecular formula is C19H24FIN8O8. The molecule has 0 spiro atoms. The van der Waals surface area contributed by atoms with E-state index in [1.165, 1.54) is 23.4 Å². The second kappa shape index (κ2) is 11.0. The van der Waals surface area contributed by atoms with Gasteiger partial charge in [0.05, 0.1) is 23.1 Å². The second-order valence-corrected chi connectivity index (χ2v) is 9.32. The molecule has 202 valence electrons. The summed E-state index contributed by atoms with van der Waals surface area (Å²) in [5, 5.41) is 47.1. The van der Waals surface area contributed by atoms with Crippen LogP contribution in [0, 0.1) is 3.57 Å². The summed E-state index contributed by atoms with van der Waals surface area (Å²) in [4.78, 5) is 27.0. The van der Waals surface area contributed by atoms with Crippen molar-refractivity contribution < 1.29 is 39.4 Å². The molecule has 5 rings (SSSR count). The standard InChI is InChI=1S/C10H13N5O4.C9H11FIN3O4/c11-8-5-9(13-2-12-8)15(3-14-5)10-7(18)6(17)4(1-16)19-10;10-5-6(16)4(2-15)18-8(5)14-1-3(11)7(12)13-9(14)17/h2-4,6-7,10,16-18H,1H2,(H2,11,12,13);1,4-6,8,15-16H,2H2,(H2,12,13,17)/t4-,6-,7+,10-;4-,5-,6-,8-/m11/s1. The molecule has 0 unspecified atom stereocenters. The minimum Gasteiger partial charge on any atom is -0.394 e. The third kappa shape index (κ3) is 5.10. The molecule has 0 bridgehead atoms. The Labute approximate surface area is 220 Å². The summed E-state index contributed by atoms with van der Waals surface area (Å²) in [5.74, 6) is 0.264. The van der Waals surface area contributed by atoms with Crippen LogP contribution in [0.15, 0.2) is 23.6 Å². The molecular weight excluding hydrogens is 614 g/mol. The Balaban J connectivity index is 0.000000173. The Hall–Kier alpha value is -2.59. The van der Waals surface area contributed by atoms with Gasteiger partial charge in [0.1, 0.15) is 48.2 Å². The van der Waals surface area contributed by atoms with E-state index in [-0.39, 0.29) is 11.6 Å². The average Bonchev–Trinajstić information content (AvgIpc) is 3.52. The highest BCUT2D eigenvalue weighted by Crippen LogP contribution is 2.32. The van der Waals surface area contributed by atoms with E-state index < -0.39 is 68.1 Å². The number of anilines is 2. The van der Waals surface area contributed by atoms with Crippen LogP contribution in [-0.2, 0) is 9.47 Å². The number of alkyl halides is 1. The number of aromatic nitrogens is 6. The topological polar surface area (TPSA) is 250 Å². The number of ether oxygens (including phenoxy) is 2. The number of nitrogen functional groups attached to an aromatic ring is 2. The molecule has 0 amide bonds. The Morgan fingerprint density at radius 2 is 1.59 bits per heavy atom. The normalized spacial score (nSPS) is 31.4. The maximum Gasteiger partial charge on any atom is 0.351 e. The fourth-order valence-electron chi connectivity index (χ4n) is 3.88. The molecule has 2 saturated heterocycles. The van der Waals surface area contributed by atoms with Crippen LogP contribution in [0.1, 0.15) is 12.5 Å². The van der Waals surface area contributed by atoms with E-state index in [2.05, 4.69) is 19.9 Å². The second-order valence-electron chi connectivity index (χ2n) is 8.16. The van der Waals surface area contributed by atoms with Crippen molar-refractivity contribution in [1.82, 2.24) is 29.1 Å². The first-order valence-corrected chi connectivity index (χ1v) is 11.8. The fraction of sp³-hybridized carbons (Fsp3) is 0.526. The van der Waals surface area contributed by atoms with Gasteiger partial charge in [0.25, 0.3) is 0 Å². The first-order chi connectivity index (χ1) is 17.6. The lowest BCUT2D eigenvalue weighted by Crippen LogP contribution is -2.34. The van der Waals surface area contributed by atoms with Crippen molar-refractivity contribution >= 4 is 45.4 Å². The van der Waals surface area contributed by atoms with Crippen LogP contribution in [0.2, 0.25) is 0 Å². The molecule has 5 heterocycles. The van der Waals surface area contributed by atoms with Crippen molar-refractivity contribution in [2.45, 2.75) is 49.1 Å². The molecule has 3 aromatic heterocycles. The zero-order valence-corrected chi connectivity index (χ0v) is 21.0. The number of aliphatic hydroxyl groups excluding tert-OH is 5. The highest BCUT2D eigenvalue weighted by Gasteiger charge is 2.45. The van der Waals surface area contributed by atoms with E-state index in [9.17, 15) is 24.5 Å². The number of rotatable bonds is 4. The molecule has 2 aliphatic heterocycles. The molecule has 0 aromatic carbocycles. The summed E-state index contributed by atoms with van der Waals surface area (Å²) in [6.45, 7) is -0.926. The van der Waals surface area contributed by atoms with Gasteiger partial charge in [0.15, 0.2) is 30.1 Å². The molecule has 0 aliphatic carbocycles. The SMILES string of the molecule is Nc1nc(=O)n([C@@H]2O[C@H](CO)[C@@H](O)[C@H]2F)cc1I.Nc1ncnc2c1ncn2[C@@H]1O[C@H](CO)[C@@H](O)[C@@H]1O. The number of hydrogen-bond donors (Lipinski definition) is 7. The van der Waals surface area contributed by atoms with E-state index in [0.29, 0.717) is 14.7 Å². The molecule has 37 heavy (non-hydrogen) atoms. The Morgan fingerprint density at radius 3 is 2.22 bits per heavy atom. The van der Waals surface area contributed by atoms with Gasteiger partial charge in [-0.05, 0) is 22.6 Å². The van der Waals surface area contributed by atoms with Gasteiger partial charge in [0.2, 0.25) is 0 Å². The molecule has 8 atom stereocenters. The summed E-state index contributed by atoms with van der Waals surface area (Å²) >= 11 is 1.84. The molecule has 16 nitrogen and oxygen atoms in total. The maximum absolute atomic E-state index is 13.8. The van der Waals surface area contributed by atoms with Gasteiger partial charge in [-0.1, -0.05) is 0 Å². The smallest absolute Gasteiger partial charge is 0.351 e. The van der Waals surface area contributed by atoms with Crippen molar-refractivity contribution in [3.05, 3.63) is 32.9 Å². The zero-order valence-electron chi connectivity index (χ0n) is 18.8. The van der Waals surface area contributed by atoms with Crippen LogP contribution in [0.25, 0.3) is 11.2 Å². The summed E-state index contributed by atoms with van der Waals surface area (Å²) < 4.78 is 27.1. The summed E-state index contributed by atoms with van der Waals surface area (Å²) in [5.41, 5.74) is 11.1. The summed E-state index contributed by atoms with van der Waals surface area (Å²) in [6.07, 6.45) is -5.80. The molecule has 3 aromatic rings. The maximum atomic E-state index is 13.8. The number of hydrogen-bond acceptors (Lipinski definition) is 14. The predicted molar refractivity (Wildman–Crippen MR) is 130 cm³/mol. The van der Waals surface area contributed by atoms with Crippen molar-refractivity contribution in [1.29, 1.82) is 0 Å². The van der Waals surface area contributed by atoms with E-state index in [0.717, 1.165) is 4.57 Å². The highest BCUT2D eigenvalue weighted by atomic mass is 127. The van der Waals surface area contributed by atoms with Crippen molar-refractivity contribution in [3.8, 4) is 0 Å². The largest absolute Gasteiger partial charge is 0.394 e. The number of fused-ring (bicyclic) bond motifs is 1. The van der Waals surface area contributed by atoms with Crippen molar-refractivity contribution in [2.75, 3.05) is 24.7 Å². The minimum absolute atomic E-state index is 0.0458. The van der Waals surface area contributed by atoms with Gasteiger partial charge in [-0.25, -0.2) is 24.1 Å². The van der Waals surface area contributed by atoms with Crippen LogP contribution in [0.5, 0.6) is 0 Å². The van der Waals surface area contributed by atoms with Crippen LogP contribution in [-0.4, -0.2) is 105 Å². The summed E-state index contributed by atoms with van der Waals surface area (Å²) in [6, 6.07) is 0. The Kier molecular flexibility index (Phi) is 8.18. The molecule has 18 heteroatoms. The zero-order chi connectivity index (χ0) is 27.0. The Morgan fingerprint density at radius 1 is 0.946 bits per heavy atom. The minimum atomic E-state index is -1.82. The number of imidazole rings is 1. The summed E-state index contributed by atoms with van der Waals surface area (Å²) in [7, 11) is 0. The first-order valence-electron chi connectivity index (χ1n) is 10.8. The predicted octanol–water partition coefficient (Wildman–Crippen LogP) is -2.96. The Bertz CT molecular complexity index is 1310. The molecule has 2 fully saturated rings. The van der Waals surface area contributed by atoms with Gasteiger partial charge < -0.3 is 46.5 Å². The van der Waals surface area contributed by atoms with Crippen molar-refractivity contribution in [3.63, 3.8) is 0 Å². The number of nitrogens with zero attached hydrogens (tertiary/aromatic N) is 6. The van der Waals surface area contributed by atoms with Crippen molar-refractivity contribution in [2.24, 2.45) is 0 Å². The molecule has 9 N–H and O–H groups in total. The van der Waals surface area contributed by atoms with Crippen LogP contribution >= 0.6 is 22.6 Å². The number of halogens is 2. The lowest BCUT2D eigenvalue weighted by molar-refractivity contribution is -0.0511. The lowest BCUT2D eigenvalue weighted by atomic mass is 10.1. The van der Waals surface area contributed by atoms with Gasteiger partial charge >= 0.3 is 5.69 Å². The average molecular weight is 638 g/mol. The van der Waals surface area contributed by atoms with Gasteiger partial charge in [-0.2, -0.15) is 4.98 Å². The highest BCUT2D eigenvalue weighted by molar-refractivity contribution is 14.1. The quantitative estimate of drug-likeness (QED) is 0.141. The number of nitrogens with two attached hydrogens (primary N) is 2. The van der Waals surface area contributed by atoms with Gasteiger partial charge in [-0.3, -0.25) is 9.13 Å². The van der Waals surface area contributed by atoms with Gasteiger partial charge in [-0.15, -0.1) is 0 Å². The monoisotopic (exact) mass is 638 g/mol. The molecule has 0 saturated carbocycles. The first kappa shape index (κ1) is 27.4. The van der Waals surface area contributed by atoms with E-state index in [1.54, 1.807) is 0 Å². The van der Waals surface area contributed by atoms with E-state index in [4.69, 9.17) is 31.2 Å². The third-order valence-electron chi connectivity index (χ3n) is 5.86. The van der Waals surface area contributed by atoms with Crippen LogP contribution < -0.4 is 17.2 Å². The van der Waals surface area contributed by atoms with E-state index in [1.807, 2.05) is 22.6 Å².